The second kappa shape index (κ2) is 6.19. The fourth-order valence-electron chi connectivity index (χ4n) is 2.33. The number of hydrogen-bond acceptors (Lipinski definition) is 6. The van der Waals surface area contributed by atoms with Crippen LogP contribution in [0.3, 0.4) is 0 Å². The van der Waals surface area contributed by atoms with Gasteiger partial charge in [-0.05, 0) is 24.3 Å². The quantitative estimate of drug-likeness (QED) is 0.807. The van der Waals surface area contributed by atoms with Gasteiger partial charge in [-0.2, -0.15) is 5.10 Å². The number of aromatic nitrogens is 2. The maximum atomic E-state index is 11.8. The van der Waals surface area contributed by atoms with Gasteiger partial charge in [0.1, 0.15) is 5.75 Å². The van der Waals surface area contributed by atoms with E-state index in [0.717, 1.165) is 11.4 Å². The second-order valence-corrected chi connectivity index (χ2v) is 5.21. The average molecular weight is 320 g/mol. The third-order valence-electron chi connectivity index (χ3n) is 3.37. The van der Waals surface area contributed by atoms with Gasteiger partial charge in [0.15, 0.2) is 5.15 Å². The molecule has 0 saturated carbocycles. The maximum Gasteiger partial charge on any atom is 0.348 e. The van der Waals surface area contributed by atoms with Crippen LogP contribution in [0.2, 0.25) is 5.15 Å². The summed E-state index contributed by atoms with van der Waals surface area (Å²) in [6.07, 6.45) is -0.667. The number of methoxy groups -OCH3 is 1. The SMILES string of the molecule is COC(=O)C1CN(Cc2ccc(Cl)nn2)c2ccccc2O1. The van der Waals surface area contributed by atoms with Crippen LogP contribution in [-0.4, -0.2) is 35.9 Å². The van der Waals surface area contributed by atoms with Crippen molar-refractivity contribution >= 4 is 23.3 Å². The molecule has 2 aromatic rings. The highest BCUT2D eigenvalue weighted by Crippen LogP contribution is 2.34. The number of esters is 1. The molecule has 0 aliphatic carbocycles. The van der Waals surface area contributed by atoms with E-state index in [4.69, 9.17) is 21.1 Å². The molecule has 1 aromatic carbocycles. The van der Waals surface area contributed by atoms with Crippen molar-refractivity contribution in [2.75, 3.05) is 18.6 Å². The lowest BCUT2D eigenvalue weighted by Crippen LogP contribution is -2.44. The summed E-state index contributed by atoms with van der Waals surface area (Å²) in [4.78, 5) is 13.8. The molecule has 2 heterocycles. The van der Waals surface area contributed by atoms with Crippen molar-refractivity contribution in [1.82, 2.24) is 10.2 Å². The van der Waals surface area contributed by atoms with E-state index < -0.39 is 12.1 Å². The van der Waals surface area contributed by atoms with Gasteiger partial charge in [-0.15, -0.1) is 5.10 Å². The summed E-state index contributed by atoms with van der Waals surface area (Å²) in [5.41, 5.74) is 1.66. The van der Waals surface area contributed by atoms with Crippen LogP contribution >= 0.6 is 11.6 Å². The predicted octanol–water partition coefficient (Wildman–Crippen LogP) is 2.07. The second-order valence-electron chi connectivity index (χ2n) is 4.83. The largest absolute Gasteiger partial charge is 0.475 e. The number of benzene rings is 1. The molecule has 1 aromatic heterocycles. The summed E-state index contributed by atoms with van der Waals surface area (Å²) in [5.74, 6) is 0.243. The van der Waals surface area contributed by atoms with E-state index in [0.29, 0.717) is 24.0 Å². The molecule has 6 nitrogen and oxygen atoms in total. The molecule has 3 rings (SSSR count). The monoisotopic (exact) mass is 319 g/mol. The molecule has 1 aliphatic rings. The Hall–Kier alpha value is -2.34. The van der Waals surface area contributed by atoms with Crippen LogP contribution < -0.4 is 9.64 Å². The van der Waals surface area contributed by atoms with E-state index >= 15 is 0 Å². The van der Waals surface area contributed by atoms with Crippen molar-refractivity contribution in [3.8, 4) is 5.75 Å². The Morgan fingerprint density at radius 2 is 2.18 bits per heavy atom. The summed E-state index contributed by atoms with van der Waals surface area (Å²) >= 11 is 5.75. The molecule has 0 amide bonds. The molecule has 0 saturated heterocycles. The summed E-state index contributed by atoms with van der Waals surface area (Å²) in [7, 11) is 1.35. The molecule has 114 valence electrons. The number of para-hydroxylation sites is 2. The molecular formula is C15H14ClN3O3. The van der Waals surface area contributed by atoms with Crippen LogP contribution in [0.5, 0.6) is 5.75 Å². The molecule has 22 heavy (non-hydrogen) atoms. The van der Waals surface area contributed by atoms with E-state index in [1.54, 1.807) is 12.1 Å². The Labute approximate surface area is 132 Å². The minimum Gasteiger partial charge on any atom is -0.475 e. The standard InChI is InChI=1S/C15H14ClN3O3/c1-21-15(20)13-9-19(8-10-6-7-14(16)18-17-10)11-4-2-3-5-12(11)22-13/h2-7,13H,8-9H2,1H3. The number of anilines is 1. The highest BCUT2D eigenvalue weighted by molar-refractivity contribution is 6.29. The van der Waals surface area contributed by atoms with Gasteiger partial charge in [0.25, 0.3) is 0 Å². The number of halogens is 1. The Morgan fingerprint density at radius 3 is 2.91 bits per heavy atom. The number of hydrogen-bond donors (Lipinski definition) is 0. The van der Waals surface area contributed by atoms with Crippen molar-refractivity contribution < 1.29 is 14.3 Å². The zero-order chi connectivity index (χ0) is 15.5. The van der Waals surface area contributed by atoms with Gasteiger partial charge in [-0.25, -0.2) is 4.79 Å². The zero-order valence-corrected chi connectivity index (χ0v) is 12.7. The minimum absolute atomic E-state index is 0.346. The third kappa shape index (κ3) is 2.96. The molecule has 1 aliphatic heterocycles. The normalized spacial score (nSPS) is 16.6. The van der Waals surface area contributed by atoms with Crippen molar-refractivity contribution in [2.24, 2.45) is 0 Å². The molecular weight excluding hydrogens is 306 g/mol. The lowest BCUT2D eigenvalue weighted by atomic mass is 10.1. The van der Waals surface area contributed by atoms with Gasteiger partial charge in [0.2, 0.25) is 6.10 Å². The molecule has 0 N–H and O–H groups in total. The summed E-state index contributed by atoms with van der Waals surface area (Å²) in [5, 5.41) is 8.24. The fourth-order valence-corrected chi connectivity index (χ4v) is 2.44. The van der Waals surface area contributed by atoms with Gasteiger partial charge in [-0.1, -0.05) is 23.7 Å². The van der Waals surface area contributed by atoms with Crippen molar-refractivity contribution in [2.45, 2.75) is 12.6 Å². The van der Waals surface area contributed by atoms with Gasteiger partial charge >= 0.3 is 5.97 Å². The van der Waals surface area contributed by atoms with Crippen molar-refractivity contribution in [3.05, 3.63) is 47.2 Å². The van der Waals surface area contributed by atoms with E-state index in [2.05, 4.69) is 10.2 Å². The van der Waals surface area contributed by atoms with Crippen molar-refractivity contribution in [3.63, 3.8) is 0 Å². The zero-order valence-electron chi connectivity index (χ0n) is 11.9. The molecule has 1 unspecified atom stereocenters. The Kier molecular flexibility index (Phi) is 4.11. The average Bonchev–Trinajstić information content (AvgIpc) is 2.56. The van der Waals surface area contributed by atoms with E-state index in [9.17, 15) is 4.79 Å². The van der Waals surface area contributed by atoms with E-state index in [1.807, 2.05) is 29.2 Å². The molecule has 7 heteroatoms. The highest BCUT2D eigenvalue weighted by Gasteiger charge is 2.31. The number of nitrogens with zero attached hydrogens (tertiary/aromatic N) is 3. The number of carbonyl (C=O) groups is 1. The molecule has 0 radical (unpaired) electrons. The first-order valence-corrected chi connectivity index (χ1v) is 7.12. The highest BCUT2D eigenvalue weighted by atomic mass is 35.5. The number of ether oxygens (including phenoxy) is 2. The van der Waals surface area contributed by atoms with Crippen LogP contribution in [0.25, 0.3) is 0 Å². The fraction of sp³-hybridized carbons (Fsp3) is 0.267. The first-order chi connectivity index (χ1) is 10.7. The third-order valence-corrected chi connectivity index (χ3v) is 3.57. The summed E-state index contributed by atoms with van der Waals surface area (Å²) in [6, 6.07) is 11.0. The first kappa shape index (κ1) is 14.6. The van der Waals surface area contributed by atoms with Crippen LogP contribution in [0, 0.1) is 0 Å². The first-order valence-electron chi connectivity index (χ1n) is 6.74. The lowest BCUT2D eigenvalue weighted by molar-refractivity contribution is -0.148. The van der Waals surface area contributed by atoms with E-state index in [-0.39, 0.29) is 0 Å². The van der Waals surface area contributed by atoms with Gasteiger partial charge in [-0.3, -0.25) is 0 Å². The van der Waals surface area contributed by atoms with Gasteiger partial charge in [0.05, 0.1) is 31.6 Å². The number of carbonyl (C=O) groups excluding carboxylic acids is 1. The van der Waals surface area contributed by atoms with Gasteiger partial charge < -0.3 is 14.4 Å². The van der Waals surface area contributed by atoms with Crippen LogP contribution in [-0.2, 0) is 16.1 Å². The predicted molar refractivity (Wildman–Crippen MR) is 81.0 cm³/mol. The molecule has 0 spiro atoms. The summed E-state index contributed by atoms with van der Waals surface area (Å²) < 4.78 is 10.5. The molecule has 0 bridgehead atoms. The Balaban J connectivity index is 1.88. The number of rotatable bonds is 3. The van der Waals surface area contributed by atoms with Crippen molar-refractivity contribution in [1.29, 1.82) is 0 Å². The topological polar surface area (TPSA) is 64.5 Å². The van der Waals surface area contributed by atoms with E-state index in [1.165, 1.54) is 7.11 Å². The van der Waals surface area contributed by atoms with Crippen LogP contribution in [0.15, 0.2) is 36.4 Å². The van der Waals surface area contributed by atoms with Crippen LogP contribution in [0.1, 0.15) is 5.69 Å². The summed E-state index contributed by atoms with van der Waals surface area (Å²) in [6.45, 7) is 0.881. The van der Waals surface area contributed by atoms with Crippen LogP contribution in [0.4, 0.5) is 5.69 Å². The van der Waals surface area contributed by atoms with Gasteiger partial charge in [0, 0.05) is 0 Å². The smallest absolute Gasteiger partial charge is 0.348 e. The Bertz CT molecular complexity index is 678. The minimum atomic E-state index is -0.667. The Morgan fingerprint density at radius 1 is 1.36 bits per heavy atom. The molecule has 1 atom stereocenters. The number of fused-ring (bicyclic) bond motifs is 1. The lowest BCUT2D eigenvalue weighted by Gasteiger charge is -2.34. The molecule has 0 fully saturated rings. The maximum absolute atomic E-state index is 11.8.